The fraction of sp³-hybridized carbons (Fsp3) is 0.333. The van der Waals surface area contributed by atoms with E-state index in [9.17, 15) is 9.59 Å². The summed E-state index contributed by atoms with van der Waals surface area (Å²) in [5.74, 6) is -0.0602. The van der Waals surface area contributed by atoms with E-state index >= 15 is 0 Å². The topological polar surface area (TPSA) is 54.9 Å². The molecule has 0 saturated carbocycles. The van der Waals surface area contributed by atoms with Crippen molar-refractivity contribution in [1.29, 1.82) is 0 Å². The highest BCUT2D eigenvalue weighted by atomic mass is 35.5. The van der Waals surface area contributed by atoms with Crippen LogP contribution in [0.3, 0.4) is 0 Å². The van der Waals surface area contributed by atoms with Gasteiger partial charge in [0.1, 0.15) is 5.15 Å². The highest BCUT2D eigenvalue weighted by molar-refractivity contribution is 7.16. The predicted molar refractivity (Wildman–Crippen MR) is 78.9 cm³/mol. The monoisotopic (exact) mass is 318 g/mol. The molecule has 0 saturated heterocycles. The molecule has 0 radical (unpaired) electrons. The molecule has 0 fully saturated rings. The van der Waals surface area contributed by atoms with Crippen LogP contribution in [0, 0.1) is 0 Å². The summed E-state index contributed by atoms with van der Waals surface area (Å²) in [5, 5.41) is 0.116. The van der Waals surface area contributed by atoms with Crippen molar-refractivity contribution in [3.63, 3.8) is 0 Å². The van der Waals surface area contributed by atoms with E-state index in [0.29, 0.717) is 9.90 Å². The number of nitrogens with zero attached hydrogens (tertiary/aromatic N) is 1. The van der Waals surface area contributed by atoms with Crippen molar-refractivity contribution >= 4 is 34.5 Å². The lowest BCUT2D eigenvalue weighted by Crippen LogP contribution is -2.37. The first kappa shape index (κ1) is 14.4. The fourth-order valence-corrected chi connectivity index (χ4v) is 3.25. The summed E-state index contributed by atoms with van der Waals surface area (Å²) in [6.07, 6.45) is 0. The second kappa shape index (κ2) is 5.53. The molecule has 0 spiro atoms. The largest absolute Gasteiger partial charge is 0.329 e. The SMILES string of the molecule is CC(C)c1c(Cl)[nH]c(=O)n(Cc2ccc(Cl)s2)c1=O. The van der Waals surface area contributed by atoms with Crippen LogP contribution in [0.4, 0.5) is 0 Å². The molecule has 2 aromatic rings. The van der Waals surface area contributed by atoms with E-state index in [1.807, 2.05) is 13.8 Å². The van der Waals surface area contributed by atoms with Crippen LogP contribution in [0.15, 0.2) is 21.7 Å². The van der Waals surface area contributed by atoms with Crippen LogP contribution < -0.4 is 11.2 Å². The smallest absolute Gasteiger partial charge is 0.297 e. The van der Waals surface area contributed by atoms with Crippen molar-refractivity contribution in [2.24, 2.45) is 0 Å². The number of hydrogen-bond donors (Lipinski definition) is 1. The van der Waals surface area contributed by atoms with Gasteiger partial charge in [-0.1, -0.05) is 37.0 Å². The Hall–Kier alpha value is -1.04. The number of hydrogen-bond acceptors (Lipinski definition) is 3. The van der Waals surface area contributed by atoms with Crippen molar-refractivity contribution in [1.82, 2.24) is 9.55 Å². The standard InChI is InChI=1S/C12H12Cl2N2O2S/c1-6(2)9-10(14)15-12(18)16(11(9)17)5-7-3-4-8(13)19-7/h3-4,6H,5H2,1-2H3,(H,15,18). The third kappa shape index (κ3) is 2.94. The Morgan fingerprint density at radius 2 is 2.00 bits per heavy atom. The molecule has 0 aliphatic carbocycles. The van der Waals surface area contributed by atoms with Gasteiger partial charge in [0.05, 0.1) is 16.4 Å². The van der Waals surface area contributed by atoms with Crippen LogP contribution in [-0.4, -0.2) is 9.55 Å². The minimum atomic E-state index is -0.510. The van der Waals surface area contributed by atoms with Crippen molar-refractivity contribution < 1.29 is 0 Å². The van der Waals surface area contributed by atoms with Gasteiger partial charge >= 0.3 is 5.69 Å². The summed E-state index contributed by atoms with van der Waals surface area (Å²) in [5.41, 5.74) is -0.443. The maximum atomic E-state index is 12.3. The highest BCUT2D eigenvalue weighted by Gasteiger charge is 2.16. The van der Waals surface area contributed by atoms with E-state index in [-0.39, 0.29) is 23.2 Å². The van der Waals surface area contributed by atoms with E-state index in [4.69, 9.17) is 23.2 Å². The molecule has 102 valence electrons. The zero-order valence-electron chi connectivity index (χ0n) is 10.4. The summed E-state index contributed by atoms with van der Waals surface area (Å²) < 4.78 is 1.76. The molecule has 2 heterocycles. The van der Waals surface area contributed by atoms with Crippen LogP contribution in [0.25, 0.3) is 0 Å². The first-order valence-corrected chi connectivity index (χ1v) is 7.24. The molecular formula is C12H12Cl2N2O2S. The minimum absolute atomic E-state index is 0.0602. The Kier molecular flexibility index (Phi) is 4.18. The number of nitrogens with one attached hydrogen (secondary N) is 1. The molecule has 2 aromatic heterocycles. The Balaban J connectivity index is 2.55. The Morgan fingerprint density at radius 3 is 2.53 bits per heavy atom. The van der Waals surface area contributed by atoms with Crippen molar-refractivity contribution in [3.05, 3.63) is 52.9 Å². The maximum absolute atomic E-state index is 12.3. The van der Waals surface area contributed by atoms with Crippen LogP contribution >= 0.6 is 34.5 Å². The second-order valence-corrected chi connectivity index (χ2v) is 6.59. The number of aromatic amines is 1. The average molecular weight is 319 g/mol. The zero-order valence-corrected chi connectivity index (χ0v) is 12.7. The molecule has 0 aromatic carbocycles. The minimum Gasteiger partial charge on any atom is -0.297 e. The Labute approximate surface area is 123 Å². The number of halogens is 2. The molecule has 0 bridgehead atoms. The molecule has 0 unspecified atom stereocenters. The summed E-state index contributed by atoms with van der Waals surface area (Å²) in [4.78, 5) is 27.5. The zero-order chi connectivity index (χ0) is 14.2. The second-order valence-electron chi connectivity index (χ2n) is 4.41. The fourth-order valence-electron chi connectivity index (χ4n) is 1.80. The van der Waals surface area contributed by atoms with Crippen LogP contribution in [0.2, 0.25) is 9.49 Å². The van der Waals surface area contributed by atoms with Gasteiger partial charge in [-0.25, -0.2) is 4.79 Å². The van der Waals surface area contributed by atoms with Gasteiger partial charge in [0, 0.05) is 4.88 Å². The first-order valence-electron chi connectivity index (χ1n) is 5.67. The van der Waals surface area contributed by atoms with Gasteiger partial charge in [-0.3, -0.25) is 14.3 Å². The van der Waals surface area contributed by atoms with Gasteiger partial charge in [0.15, 0.2) is 0 Å². The predicted octanol–water partition coefficient (Wildman–Crippen LogP) is 3.08. The van der Waals surface area contributed by atoms with Gasteiger partial charge < -0.3 is 0 Å². The van der Waals surface area contributed by atoms with Crippen molar-refractivity contribution in [2.75, 3.05) is 0 Å². The molecule has 0 amide bonds. The highest BCUT2D eigenvalue weighted by Crippen LogP contribution is 2.22. The van der Waals surface area contributed by atoms with Crippen molar-refractivity contribution in [3.8, 4) is 0 Å². The van der Waals surface area contributed by atoms with E-state index in [1.165, 1.54) is 11.3 Å². The third-order valence-electron chi connectivity index (χ3n) is 2.69. The number of rotatable bonds is 3. The van der Waals surface area contributed by atoms with Gasteiger partial charge in [0.25, 0.3) is 5.56 Å². The molecule has 0 aliphatic rings. The van der Waals surface area contributed by atoms with E-state index in [2.05, 4.69) is 4.98 Å². The summed E-state index contributed by atoms with van der Waals surface area (Å²) >= 11 is 13.1. The number of thiophene rings is 1. The molecule has 0 aliphatic heterocycles. The maximum Gasteiger partial charge on any atom is 0.329 e. The van der Waals surface area contributed by atoms with Crippen LogP contribution in [0.1, 0.15) is 30.2 Å². The number of H-pyrrole nitrogens is 1. The van der Waals surface area contributed by atoms with E-state index < -0.39 is 5.69 Å². The lowest BCUT2D eigenvalue weighted by molar-refractivity contribution is 0.676. The van der Waals surface area contributed by atoms with Gasteiger partial charge in [-0.05, 0) is 18.1 Å². The summed E-state index contributed by atoms with van der Waals surface area (Å²) in [6.45, 7) is 3.91. The van der Waals surface area contributed by atoms with E-state index in [1.54, 1.807) is 12.1 Å². The molecular weight excluding hydrogens is 307 g/mol. The van der Waals surface area contributed by atoms with Gasteiger partial charge in [0.2, 0.25) is 0 Å². The lowest BCUT2D eigenvalue weighted by atomic mass is 10.1. The molecule has 7 heteroatoms. The number of aromatic nitrogens is 2. The van der Waals surface area contributed by atoms with Gasteiger partial charge in [-0.15, -0.1) is 11.3 Å². The van der Waals surface area contributed by atoms with Crippen molar-refractivity contribution in [2.45, 2.75) is 26.3 Å². The lowest BCUT2D eigenvalue weighted by Gasteiger charge is -2.10. The molecule has 4 nitrogen and oxygen atoms in total. The quantitative estimate of drug-likeness (QED) is 0.884. The Morgan fingerprint density at radius 1 is 1.32 bits per heavy atom. The van der Waals surface area contributed by atoms with Crippen LogP contribution in [0.5, 0.6) is 0 Å². The summed E-state index contributed by atoms with van der Waals surface area (Å²) in [7, 11) is 0. The molecule has 0 atom stereocenters. The van der Waals surface area contributed by atoms with Crippen LogP contribution in [-0.2, 0) is 6.54 Å². The normalized spacial score (nSPS) is 11.2. The molecule has 2 rings (SSSR count). The first-order chi connectivity index (χ1) is 8.90. The van der Waals surface area contributed by atoms with E-state index in [0.717, 1.165) is 9.44 Å². The van der Waals surface area contributed by atoms with Gasteiger partial charge in [-0.2, -0.15) is 0 Å². The molecule has 19 heavy (non-hydrogen) atoms. The molecule has 1 N–H and O–H groups in total. The Bertz CT molecular complexity index is 715. The third-order valence-corrected chi connectivity index (χ3v) is 4.21. The summed E-state index contributed by atoms with van der Waals surface area (Å²) in [6, 6.07) is 3.53. The average Bonchev–Trinajstić information content (AvgIpc) is 2.69.